The van der Waals surface area contributed by atoms with Crippen LogP contribution in [0.1, 0.15) is 41.0 Å². The zero-order valence-electron chi connectivity index (χ0n) is 24.5. The lowest BCUT2D eigenvalue weighted by Gasteiger charge is -2.43. The van der Waals surface area contributed by atoms with E-state index in [-0.39, 0.29) is 37.1 Å². The number of phosphoric acid groups is 1. The topological polar surface area (TPSA) is 81.7 Å². The van der Waals surface area contributed by atoms with E-state index >= 15 is 0 Å². The number of phosphoric ester groups is 1. The summed E-state index contributed by atoms with van der Waals surface area (Å²) in [6.07, 6.45) is 7.25. The Morgan fingerprint density at radius 2 is 1.61 bits per heavy atom. The average molecular weight is 621 g/mol. The summed E-state index contributed by atoms with van der Waals surface area (Å²) in [5.74, 6) is 0. The summed E-state index contributed by atoms with van der Waals surface area (Å²) in [6, 6.07) is 20.7. The highest BCUT2D eigenvalue weighted by atomic mass is 31.2. The third-order valence-electron chi connectivity index (χ3n) is 6.79. The van der Waals surface area contributed by atoms with Gasteiger partial charge in [0.05, 0.1) is 38.6 Å². The van der Waals surface area contributed by atoms with Gasteiger partial charge in [0.1, 0.15) is 6.10 Å². The molecule has 0 saturated carbocycles. The third kappa shape index (κ3) is 8.33. The monoisotopic (exact) mass is 620 g/mol. The molecule has 0 aliphatic carbocycles. The Morgan fingerprint density at radius 3 is 2.17 bits per heavy atom. The van der Waals surface area contributed by atoms with E-state index in [0.717, 1.165) is 10.4 Å². The van der Waals surface area contributed by atoms with Crippen molar-refractivity contribution in [2.24, 2.45) is 0 Å². The van der Waals surface area contributed by atoms with Gasteiger partial charge in [-0.1, -0.05) is 106 Å². The normalized spacial score (nSPS) is 22.5. The predicted octanol–water partition coefficient (Wildman–Crippen LogP) is 6.67. The molecule has 2 aliphatic rings. The summed E-state index contributed by atoms with van der Waals surface area (Å²) < 4.78 is 55.2. The molecule has 0 N–H and O–H groups in total. The third-order valence-corrected chi connectivity index (χ3v) is 14.7. The van der Waals surface area contributed by atoms with Gasteiger partial charge in [-0.2, -0.15) is 0 Å². The van der Waals surface area contributed by atoms with Crippen LogP contribution >= 0.6 is 16.4 Å². The number of rotatable bonds is 13. The number of fused-ring (bicyclic) bond motifs is 2. The largest absolute Gasteiger partial charge is 0.475 e. The van der Waals surface area contributed by atoms with Gasteiger partial charge in [-0.3, -0.25) is 13.6 Å². The average Bonchev–Trinajstić information content (AvgIpc) is 3.12. The van der Waals surface area contributed by atoms with Crippen LogP contribution in [0.4, 0.5) is 0 Å². The van der Waals surface area contributed by atoms with Gasteiger partial charge in [-0.15, -0.1) is 0 Å². The van der Waals surface area contributed by atoms with Crippen molar-refractivity contribution in [1.29, 1.82) is 0 Å². The molecular formula is C30H42O8P2Si. The molecule has 0 aromatic heterocycles. The maximum atomic E-state index is 13.5. The van der Waals surface area contributed by atoms with Crippen LogP contribution in [0, 0.1) is 0 Å². The molecule has 2 aromatic rings. The van der Waals surface area contributed by atoms with Crippen molar-refractivity contribution >= 4 is 35.1 Å². The molecule has 2 aromatic carbocycles. The highest BCUT2D eigenvalue weighted by Crippen LogP contribution is 2.51. The summed E-state index contributed by atoms with van der Waals surface area (Å²) >= 11 is 0. The highest BCUT2D eigenvalue weighted by molar-refractivity contribution is 7.48. The van der Waals surface area contributed by atoms with Crippen molar-refractivity contribution < 1.29 is 36.1 Å². The van der Waals surface area contributed by atoms with E-state index in [1.807, 2.05) is 60.7 Å². The lowest BCUT2D eigenvalue weighted by molar-refractivity contribution is 0.0609. The zero-order chi connectivity index (χ0) is 29.3. The fourth-order valence-corrected chi connectivity index (χ4v) is 12.1. The number of hydrogen-bond donors (Lipinski definition) is 0. The van der Waals surface area contributed by atoms with E-state index in [9.17, 15) is 4.57 Å². The van der Waals surface area contributed by atoms with Gasteiger partial charge < -0.3 is 18.0 Å². The zero-order valence-corrected chi connectivity index (χ0v) is 27.3. The van der Waals surface area contributed by atoms with E-state index in [1.54, 1.807) is 13.8 Å². The van der Waals surface area contributed by atoms with Crippen molar-refractivity contribution in [2.45, 2.75) is 64.4 Å². The van der Waals surface area contributed by atoms with E-state index in [4.69, 9.17) is 31.6 Å². The molecule has 4 atom stereocenters. The second-order valence-electron chi connectivity index (χ2n) is 10.8. The van der Waals surface area contributed by atoms with Crippen LogP contribution in [0.2, 0.25) is 5.04 Å². The minimum absolute atomic E-state index is 0.0855. The Kier molecular flexibility index (Phi) is 11.7. The molecule has 0 spiro atoms. The molecule has 2 heterocycles. The van der Waals surface area contributed by atoms with E-state index in [2.05, 4.69) is 45.0 Å². The first-order valence-corrected chi connectivity index (χ1v) is 18.6. The molecule has 41 heavy (non-hydrogen) atoms. The Hall–Kier alpha value is -1.48. The molecule has 8 nitrogen and oxygen atoms in total. The number of hydrogen-bond acceptors (Lipinski definition) is 8. The van der Waals surface area contributed by atoms with Gasteiger partial charge >= 0.3 is 16.4 Å². The summed E-state index contributed by atoms with van der Waals surface area (Å²) in [4.78, 5) is 0. The molecule has 1 saturated heterocycles. The molecule has 11 heteroatoms. The second kappa shape index (κ2) is 14.8. The van der Waals surface area contributed by atoms with Crippen molar-refractivity contribution in [2.75, 3.05) is 26.4 Å². The lowest BCUT2D eigenvalue weighted by atomic mass is 10.1. The molecule has 0 radical (unpaired) electrons. The highest BCUT2D eigenvalue weighted by Gasteiger charge is 2.50. The lowest BCUT2D eigenvalue weighted by Crippen LogP contribution is -2.67. The van der Waals surface area contributed by atoms with Gasteiger partial charge in [0, 0.05) is 6.42 Å². The fraction of sp³-hybridized carbons (Fsp3) is 0.467. The molecule has 224 valence electrons. The van der Waals surface area contributed by atoms with Crippen LogP contribution in [0.15, 0.2) is 85.0 Å². The molecule has 2 aliphatic heterocycles. The Labute approximate surface area is 246 Å². The Balaban J connectivity index is 1.67. The van der Waals surface area contributed by atoms with Crippen LogP contribution in [-0.4, -0.2) is 53.1 Å². The first kappa shape index (κ1) is 32.4. The van der Waals surface area contributed by atoms with Crippen molar-refractivity contribution in [3.63, 3.8) is 0 Å². The minimum atomic E-state index is -3.85. The van der Waals surface area contributed by atoms with Gasteiger partial charge in [-0.05, 0) is 29.3 Å². The first-order chi connectivity index (χ1) is 19.7. The van der Waals surface area contributed by atoms with E-state index < -0.39 is 30.8 Å². The summed E-state index contributed by atoms with van der Waals surface area (Å²) in [7, 11) is -8.17. The quantitative estimate of drug-likeness (QED) is 0.140. The molecule has 4 rings (SSSR count). The predicted molar refractivity (Wildman–Crippen MR) is 165 cm³/mol. The van der Waals surface area contributed by atoms with Gasteiger partial charge in [-0.25, -0.2) is 4.57 Å². The molecular weight excluding hydrogens is 578 g/mol. The summed E-state index contributed by atoms with van der Waals surface area (Å²) in [5, 5.41) is 2.05. The van der Waals surface area contributed by atoms with E-state index in [0.29, 0.717) is 13.0 Å². The molecule has 1 unspecified atom stereocenters. The molecule has 0 amide bonds. The van der Waals surface area contributed by atoms with Crippen molar-refractivity contribution in [1.82, 2.24) is 0 Å². The number of benzene rings is 2. The van der Waals surface area contributed by atoms with Gasteiger partial charge in [0.25, 0.3) is 8.32 Å². The van der Waals surface area contributed by atoms with Crippen LogP contribution in [0.3, 0.4) is 0 Å². The molecule has 1 fully saturated rings. The maximum absolute atomic E-state index is 13.5. The second-order valence-corrected chi connectivity index (χ2v) is 17.8. The van der Waals surface area contributed by atoms with Crippen LogP contribution in [-0.2, 0) is 36.1 Å². The minimum Gasteiger partial charge on any atom is -0.404 e. The van der Waals surface area contributed by atoms with Gasteiger partial charge in [0.2, 0.25) is 0 Å². The smallest absolute Gasteiger partial charge is 0.404 e. The Bertz CT molecular complexity index is 1140. The fourth-order valence-electron chi connectivity index (χ4n) is 5.08. The van der Waals surface area contributed by atoms with Crippen LogP contribution in [0.5, 0.6) is 0 Å². The van der Waals surface area contributed by atoms with Crippen LogP contribution < -0.4 is 10.4 Å². The summed E-state index contributed by atoms with van der Waals surface area (Å²) in [5.41, 5.74) is 0. The standard InChI is InChI=1S/C30H42O8P2Si/c1-6-33-40(31,34-7-2)38-27(21-20-26-23-25-15-14-22-32-39(36-25)37-26)24-35-41(30(3,4)5,28-16-10-8-11-17-28)29-18-12-9-13-19-29/h8-21,25-27H,6-7,22-24H2,1-5H3/t25-,26-,27+,39?/m0/s1. The SMILES string of the molecule is CCOP(=O)(OCC)O[C@H](C=C[C@H]1C[C@@H]2C=CCOP(O2)O1)CO[Si](c1ccccc1)(c1ccccc1)C(C)(C)C. The van der Waals surface area contributed by atoms with Gasteiger partial charge in [0.15, 0.2) is 0 Å². The van der Waals surface area contributed by atoms with Crippen LogP contribution in [0.25, 0.3) is 0 Å². The molecule has 2 bridgehead atoms. The van der Waals surface area contributed by atoms with Crippen molar-refractivity contribution in [3.8, 4) is 0 Å². The summed E-state index contributed by atoms with van der Waals surface area (Å²) in [6.45, 7) is 11.1. The van der Waals surface area contributed by atoms with Crippen molar-refractivity contribution in [3.05, 3.63) is 85.0 Å². The Morgan fingerprint density at radius 1 is 1.00 bits per heavy atom. The first-order valence-electron chi connectivity index (χ1n) is 14.1. The van der Waals surface area contributed by atoms with E-state index in [1.165, 1.54) is 0 Å². The maximum Gasteiger partial charge on any atom is 0.475 e.